The Kier molecular flexibility index (Phi) is 6.36. The standard InChI is InChI=1S/C23H25N3O4S/c1-16-19(24-23(30-16)20-7-4-12-31-20)15-22(28)26-10-8-25(9-11-26)21(27)14-17-5-3-6-18(13-17)29-2/h3-7,12-13H,8-11,14-15H2,1-2H3. The number of aromatic nitrogens is 1. The average molecular weight is 440 g/mol. The summed E-state index contributed by atoms with van der Waals surface area (Å²) in [6.07, 6.45) is 0.535. The summed E-state index contributed by atoms with van der Waals surface area (Å²) in [6.45, 7) is 3.95. The minimum Gasteiger partial charge on any atom is -0.497 e. The molecule has 1 aliphatic heterocycles. The molecule has 2 amide bonds. The highest BCUT2D eigenvalue weighted by Crippen LogP contribution is 2.26. The molecule has 3 aromatic rings. The molecule has 1 fully saturated rings. The molecule has 1 aliphatic rings. The second-order valence-corrected chi connectivity index (χ2v) is 8.41. The van der Waals surface area contributed by atoms with Crippen molar-refractivity contribution in [3.8, 4) is 16.5 Å². The first-order chi connectivity index (χ1) is 15.0. The molecule has 4 rings (SSSR count). The van der Waals surface area contributed by atoms with Crippen LogP contribution in [0.15, 0.2) is 46.2 Å². The summed E-state index contributed by atoms with van der Waals surface area (Å²) in [7, 11) is 1.61. The normalized spacial score (nSPS) is 14.0. The number of piperazine rings is 1. The maximum absolute atomic E-state index is 12.8. The van der Waals surface area contributed by atoms with Crippen molar-refractivity contribution in [1.29, 1.82) is 0 Å². The first-order valence-corrected chi connectivity index (χ1v) is 11.1. The number of nitrogens with zero attached hydrogens (tertiary/aromatic N) is 3. The number of ether oxygens (including phenoxy) is 1. The predicted octanol–water partition coefficient (Wildman–Crippen LogP) is 3.18. The summed E-state index contributed by atoms with van der Waals surface area (Å²) >= 11 is 1.55. The van der Waals surface area contributed by atoms with Gasteiger partial charge in [-0.25, -0.2) is 4.98 Å². The first-order valence-electron chi connectivity index (χ1n) is 10.2. The number of carbonyl (C=O) groups excluding carboxylic acids is 2. The zero-order valence-corrected chi connectivity index (χ0v) is 18.5. The lowest BCUT2D eigenvalue weighted by molar-refractivity contribution is -0.138. The van der Waals surface area contributed by atoms with E-state index >= 15 is 0 Å². The van der Waals surface area contributed by atoms with Gasteiger partial charge >= 0.3 is 0 Å². The number of benzene rings is 1. The second kappa shape index (κ2) is 9.34. The van der Waals surface area contributed by atoms with E-state index in [0.717, 1.165) is 16.2 Å². The van der Waals surface area contributed by atoms with Crippen LogP contribution in [0.25, 0.3) is 10.8 Å². The minimum absolute atomic E-state index is 0.00836. The Hall–Kier alpha value is -3.13. The molecule has 1 aromatic carbocycles. The molecule has 7 nitrogen and oxygen atoms in total. The average Bonchev–Trinajstić information content (AvgIpc) is 3.44. The van der Waals surface area contributed by atoms with Gasteiger partial charge < -0.3 is 19.0 Å². The number of carbonyl (C=O) groups is 2. The Labute approximate surface area is 185 Å². The van der Waals surface area contributed by atoms with Crippen molar-refractivity contribution in [3.05, 3.63) is 58.8 Å². The third-order valence-corrected chi connectivity index (χ3v) is 6.28. The summed E-state index contributed by atoms with van der Waals surface area (Å²) in [5, 5.41) is 1.97. The topological polar surface area (TPSA) is 75.9 Å². The summed E-state index contributed by atoms with van der Waals surface area (Å²) in [5.74, 6) is 2.04. The minimum atomic E-state index is 0.00836. The third kappa shape index (κ3) is 4.96. The second-order valence-electron chi connectivity index (χ2n) is 7.47. The van der Waals surface area contributed by atoms with Gasteiger partial charge in [0.15, 0.2) is 0 Å². The zero-order valence-electron chi connectivity index (χ0n) is 17.7. The Morgan fingerprint density at radius 2 is 1.77 bits per heavy atom. The summed E-state index contributed by atoms with van der Waals surface area (Å²) in [5.41, 5.74) is 1.59. The predicted molar refractivity (Wildman–Crippen MR) is 118 cm³/mol. The molecule has 0 spiro atoms. The van der Waals surface area contributed by atoms with Gasteiger partial charge in [0, 0.05) is 26.2 Å². The van der Waals surface area contributed by atoms with Gasteiger partial charge in [-0.3, -0.25) is 9.59 Å². The lowest BCUT2D eigenvalue weighted by Crippen LogP contribution is -2.51. The van der Waals surface area contributed by atoms with Gasteiger partial charge in [0.1, 0.15) is 11.5 Å². The van der Waals surface area contributed by atoms with Crippen LogP contribution in [0.4, 0.5) is 0 Å². The number of thiophene rings is 1. The molecule has 0 unspecified atom stereocenters. The summed E-state index contributed by atoms with van der Waals surface area (Å²) in [4.78, 5) is 34.5. The van der Waals surface area contributed by atoms with Crippen molar-refractivity contribution in [2.24, 2.45) is 0 Å². The quantitative estimate of drug-likeness (QED) is 0.590. The molecule has 0 atom stereocenters. The molecule has 0 aliphatic carbocycles. The van der Waals surface area contributed by atoms with Crippen LogP contribution in [0.2, 0.25) is 0 Å². The maximum Gasteiger partial charge on any atom is 0.236 e. The number of amides is 2. The number of hydrogen-bond donors (Lipinski definition) is 0. The molecule has 0 saturated carbocycles. The highest BCUT2D eigenvalue weighted by atomic mass is 32.1. The number of aryl methyl sites for hydroxylation is 1. The van der Waals surface area contributed by atoms with Crippen LogP contribution in [-0.4, -0.2) is 59.9 Å². The van der Waals surface area contributed by atoms with Crippen LogP contribution in [0.5, 0.6) is 5.75 Å². The molecule has 162 valence electrons. The van der Waals surface area contributed by atoms with Crippen molar-refractivity contribution in [3.63, 3.8) is 0 Å². The Bertz CT molecular complexity index is 1050. The van der Waals surface area contributed by atoms with E-state index in [1.807, 2.05) is 53.6 Å². The highest BCUT2D eigenvalue weighted by Gasteiger charge is 2.25. The number of hydrogen-bond acceptors (Lipinski definition) is 6. The molecule has 8 heteroatoms. The number of oxazole rings is 1. The van der Waals surface area contributed by atoms with Crippen molar-refractivity contribution in [1.82, 2.24) is 14.8 Å². The van der Waals surface area contributed by atoms with E-state index < -0.39 is 0 Å². The summed E-state index contributed by atoms with van der Waals surface area (Å²) in [6, 6.07) is 11.4. The Morgan fingerprint density at radius 3 is 2.42 bits per heavy atom. The van der Waals surface area contributed by atoms with E-state index in [1.54, 1.807) is 23.3 Å². The lowest BCUT2D eigenvalue weighted by Gasteiger charge is -2.34. The van der Waals surface area contributed by atoms with Crippen LogP contribution < -0.4 is 4.74 Å². The molecule has 0 N–H and O–H groups in total. The lowest BCUT2D eigenvalue weighted by atomic mass is 10.1. The van der Waals surface area contributed by atoms with Gasteiger partial charge in [0.2, 0.25) is 17.7 Å². The Balaban J connectivity index is 1.30. The number of methoxy groups -OCH3 is 1. The van der Waals surface area contributed by atoms with E-state index in [-0.39, 0.29) is 18.2 Å². The number of rotatable bonds is 6. The molecule has 3 heterocycles. The van der Waals surface area contributed by atoms with Crippen LogP contribution in [0.1, 0.15) is 17.0 Å². The van der Waals surface area contributed by atoms with E-state index in [4.69, 9.17) is 9.15 Å². The van der Waals surface area contributed by atoms with Gasteiger partial charge in [-0.05, 0) is 36.1 Å². The van der Waals surface area contributed by atoms with Crippen molar-refractivity contribution in [2.45, 2.75) is 19.8 Å². The van der Waals surface area contributed by atoms with Crippen molar-refractivity contribution >= 4 is 23.2 Å². The Morgan fingerprint density at radius 1 is 1.06 bits per heavy atom. The zero-order chi connectivity index (χ0) is 21.8. The molecule has 2 aromatic heterocycles. The molecular weight excluding hydrogens is 414 g/mol. The van der Waals surface area contributed by atoms with Gasteiger partial charge in [0.05, 0.1) is 30.5 Å². The van der Waals surface area contributed by atoms with E-state index in [2.05, 4.69) is 4.98 Å². The fraction of sp³-hybridized carbons (Fsp3) is 0.348. The fourth-order valence-corrected chi connectivity index (χ4v) is 4.28. The molecule has 31 heavy (non-hydrogen) atoms. The first kappa shape index (κ1) is 21.1. The van der Waals surface area contributed by atoms with Crippen LogP contribution >= 0.6 is 11.3 Å². The molecule has 0 radical (unpaired) electrons. The summed E-state index contributed by atoms with van der Waals surface area (Å²) < 4.78 is 11.0. The fourth-order valence-electron chi connectivity index (χ4n) is 3.63. The molecular formula is C23H25N3O4S. The highest BCUT2D eigenvalue weighted by molar-refractivity contribution is 7.13. The monoisotopic (exact) mass is 439 g/mol. The van der Waals surface area contributed by atoms with Gasteiger partial charge in [-0.15, -0.1) is 11.3 Å². The van der Waals surface area contributed by atoms with Crippen LogP contribution in [0.3, 0.4) is 0 Å². The van der Waals surface area contributed by atoms with Crippen molar-refractivity contribution < 1.29 is 18.7 Å². The van der Waals surface area contributed by atoms with Gasteiger partial charge in [0.25, 0.3) is 0 Å². The van der Waals surface area contributed by atoms with Crippen LogP contribution in [0, 0.1) is 6.92 Å². The molecule has 0 bridgehead atoms. The maximum atomic E-state index is 12.8. The smallest absolute Gasteiger partial charge is 0.236 e. The van der Waals surface area contributed by atoms with Gasteiger partial charge in [-0.1, -0.05) is 18.2 Å². The third-order valence-electron chi connectivity index (χ3n) is 5.42. The van der Waals surface area contributed by atoms with Crippen LogP contribution in [-0.2, 0) is 22.4 Å². The van der Waals surface area contributed by atoms with E-state index in [9.17, 15) is 9.59 Å². The van der Waals surface area contributed by atoms with Crippen molar-refractivity contribution in [2.75, 3.05) is 33.3 Å². The largest absolute Gasteiger partial charge is 0.497 e. The SMILES string of the molecule is COc1cccc(CC(=O)N2CCN(C(=O)Cc3nc(-c4cccs4)oc3C)CC2)c1. The van der Waals surface area contributed by atoms with E-state index in [1.165, 1.54) is 0 Å². The van der Waals surface area contributed by atoms with Gasteiger partial charge in [-0.2, -0.15) is 0 Å². The van der Waals surface area contributed by atoms with E-state index in [0.29, 0.717) is 49.9 Å². The molecule has 1 saturated heterocycles.